The number of anilines is 1. The van der Waals surface area contributed by atoms with Crippen LogP contribution in [0.4, 0.5) is 5.69 Å². The summed E-state index contributed by atoms with van der Waals surface area (Å²) in [5, 5.41) is 5.53. The molecule has 0 saturated carbocycles. The van der Waals surface area contributed by atoms with Gasteiger partial charge in [0.05, 0.1) is 6.04 Å². The highest BCUT2D eigenvalue weighted by Gasteiger charge is 2.19. The van der Waals surface area contributed by atoms with Crippen LogP contribution in [0.3, 0.4) is 0 Å². The Kier molecular flexibility index (Phi) is 6.13. The molecule has 0 aliphatic heterocycles. The van der Waals surface area contributed by atoms with E-state index in [1.165, 1.54) is 0 Å². The van der Waals surface area contributed by atoms with Gasteiger partial charge in [-0.05, 0) is 36.5 Å². The fourth-order valence-corrected chi connectivity index (χ4v) is 2.66. The molecule has 4 nitrogen and oxygen atoms in total. The molecular weight excluding hydrogens is 300 g/mol. The standard InChI is InChI=1S/C20H24N2O2/c1-4-15-12-9-13-16(5-2)18(15)22-20(24)19(23)21-14(3)17-10-7-6-8-11-17/h6-14H,4-5H2,1-3H3,(H,21,23)(H,22,24). The van der Waals surface area contributed by atoms with E-state index in [0.717, 1.165) is 35.2 Å². The predicted octanol–water partition coefficient (Wildman–Crippen LogP) is 3.63. The molecule has 1 atom stereocenters. The maximum absolute atomic E-state index is 12.3. The van der Waals surface area contributed by atoms with Crippen molar-refractivity contribution >= 4 is 17.5 Å². The second kappa shape index (κ2) is 8.29. The van der Waals surface area contributed by atoms with Gasteiger partial charge in [0.25, 0.3) is 0 Å². The van der Waals surface area contributed by atoms with Crippen LogP contribution in [0.1, 0.15) is 43.5 Å². The molecule has 126 valence electrons. The molecule has 0 fully saturated rings. The summed E-state index contributed by atoms with van der Waals surface area (Å²) in [6, 6.07) is 15.3. The van der Waals surface area contributed by atoms with E-state index in [-0.39, 0.29) is 6.04 Å². The van der Waals surface area contributed by atoms with Crippen molar-refractivity contribution in [3.8, 4) is 0 Å². The average molecular weight is 324 g/mol. The zero-order chi connectivity index (χ0) is 17.5. The first-order chi connectivity index (χ1) is 11.6. The van der Waals surface area contributed by atoms with Crippen LogP contribution in [0.2, 0.25) is 0 Å². The largest absolute Gasteiger partial charge is 0.341 e. The molecule has 2 amide bonds. The number of amides is 2. The van der Waals surface area contributed by atoms with E-state index in [1.54, 1.807) is 0 Å². The van der Waals surface area contributed by atoms with Gasteiger partial charge >= 0.3 is 11.8 Å². The van der Waals surface area contributed by atoms with E-state index in [0.29, 0.717) is 0 Å². The van der Waals surface area contributed by atoms with Crippen LogP contribution in [0, 0.1) is 0 Å². The first kappa shape index (κ1) is 17.7. The molecule has 0 saturated heterocycles. The summed E-state index contributed by atoms with van der Waals surface area (Å²) in [7, 11) is 0. The van der Waals surface area contributed by atoms with Crippen molar-refractivity contribution in [2.45, 2.75) is 39.7 Å². The van der Waals surface area contributed by atoms with Crippen molar-refractivity contribution in [2.24, 2.45) is 0 Å². The number of nitrogens with one attached hydrogen (secondary N) is 2. The molecule has 0 heterocycles. The van der Waals surface area contributed by atoms with Crippen molar-refractivity contribution in [3.05, 3.63) is 65.2 Å². The number of rotatable bonds is 5. The van der Waals surface area contributed by atoms with Crippen molar-refractivity contribution in [2.75, 3.05) is 5.32 Å². The highest BCUT2D eigenvalue weighted by Crippen LogP contribution is 2.22. The number of carbonyl (C=O) groups is 2. The minimum Gasteiger partial charge on any atom is -0.341 e. The third kappa shape index (κ3) is 4.22. The summed E-state index contributed by atoms with van der Waals surface area (Å²) in [6.45, 7) is 5.92. The lowest BCUT2D eigenvalue weighted by Crippen LogP contribution is -2.37. The zero-order valence-electron chi connectivity index (χ0n) is 14.4. The Morgan fingerprint density at radius 2 is 1.46 bits per heavy atom. The minimum absolute atomic E-state index is 0.225. The quantitative estimate of drug-likeness (QED) is 0.825. The Morgan fingerprint density at radius 1 is 0.875 bits per heavy atom. The summed E-state index contributed by atoms with van der Waals surface area (Å²) in [6.07, 6.45) is 1.59. The SMILES string of the molecule is CCc1cccc(CC)c1NC(=O)C(=O)NC(C)c1ccccc1. The van der Waals surface area contributed by atoms with Gasteiger partial charge in [-0.1, -0.05) is 62.4 Å². The molecule has 2 aromatic rings. The molecule has 0 aliphatic rings. The lowest BCUT2D eigenvalue weighted by atomic mass is 10.0. The van der Waals surface area contributed by atoms with Gasteiger partial charge in [-0.3, -0.25) is 9.59 Å². The van der Waals surface area contributed by atoms with Crippen LogP contribution < -0.4 is 10.6 Å². The fraction of sp³-hybridized carbons (Fsp3) is 0.300. The van der Waals surface area contributed by atoms with E-state index in [4.69, 9.17) is 0 Å². The number of benzene rings is 2. The molecule has 4 heteroatoms. The smallest absolute Gasteiger partial charge is 0.313 e. The molecule has 24 heavy (non-hydrogen) atoms. The fourth-order valence-electron chi connectivity index (χ4n) is 2.66. The maximum Gasteiger partial charge on any atom is 0.313 e. The molecular formula is C20H24N2O2. The highest BCUT2D eigenvalue weighted by molar-refractivity contribution is 6.39. The van der Waals surface area contributed by atoms with Crippen LogP contribution in [-0.4, -0.2) is 11.8 Å². The highest BCUT2D eigenvalue weighted by atomic mass is 16.2. The molecule has 0 aromatic heterocycles. The molecule has 0 aliphatic carbocycles. The Labute approximate surface area is 143 Å². The van der Waals surface area contributed by atoms with Gasteiger partial charge in [0.15, 0.2) is 0 Å². The Balaban J connectivity index is 2.08. The van der Waals surface area contributed by atoms with Gasteiger partial charge in [0.1, 0.15) is 0 Å². The zero-order valence-corrected chi connectivity index (χ0v) is 14.4. The van der Waals surface area contributed by atoms with Gasteiger partial charge < -0.3 is 10.6 Å². The third-order valence-electron chi connectivity index (χ3n) is 4.09. The summed E-state index contributed by atoms with van der Waals surface area (Å²) in [5.74, 6) is -1.26. The molecule has 0 spiro atoms. The number of hydrogen-bond donors (Lipinski definition) is 2. The van der Waals surface area contributed by atoms with Gasteiger partial charge in [-0.15, -0.1) is 0 Å². The summed E-state index contributed by atoms with van der Waals surface area (Å²) < 4.78 is 0. The van der Waals surface area contributed by atoms with Crippen LogP contribution in [0.5, 0.6) is 0 Å². The second-order valence-corrected chi connectivity index (χ2v) is 5.72. The van der Waals surface area contributed by atoms with E-state index in [1.807, 2.05) is 69.3 Å². The lowest BCUT2D eigenvalue weighted by molar-refractivity contribution is -0.136. The molecule has 2 rings (SSSR count). The molecule has 2 aromatic carbocycles. The lowest BCUT2D eigenvalue weighted by Gasteiger charge is -2.16. The molecule has 2 N–H and O–H groups in total. The number of hydrogen-bond acceptors (Lipinski definition) is 2. The first-order valence-electron chi connectivity index (χ1n) is 8.34. The number of aryl methyl sites for hydroxylation is 2. The van der Waals surface area contributed by atoms with E-state index in [2.05, 4.69) is 10.6 Å². The van der Waals surface area contributed by atoms with E-state index < -0.39 is 11.8 Å². The Bertz CT molecular complexity index is 689. The summed E-state index contributed by atoms with van der Waals surface area (Å²) in [5.41, 5.74) is 3.79. The number of carbonyl (C=O) groups excluding carboxylic acids is 2. The van der Waals surface area contributed by atoms with Crippen molar-refractivity contribution < 1.29 is 9.59 Å². The van der Waals surface area contributed by atoms with Crippen molar-refractivity contribution in [1.82, 2.24) is 5.32 Å². The van der Waals surface area contributed by atoms with Crippen LogP contribution in [0.15, 0.2) is 48.5 Å². The van der Waals surface area contributed by atoms with Gasteiger partial charge in [0.2, 0.25) is 0 Å². The summed E-state index contributed by atoms with van der Waals surface area (Å²) >= 11 is 0. The minimum atomic E-state index is -0.631. The monoisotopic (exact) mass is 324 g/mol. The normalized spacial score (nSPS) is 11.6. The van der Waals surface area contributed by atoms with Crippen LogP contribution in [-0.2, 0) is 22.4 Å². The van der Waals surface area contributed by atoms with Gasteiger partial charge in [-0.2, -0.15) is 0 Å². The molecule has 0 radical (unpaired) electrons. The summed E-state index contributed by atoms with van der Waals surface area (Å²) in [4.78, 5) is 24.5. The third-order valence-corrected chi connectivity index (χ3v) is 4.09. The van der Waals surface area contributed by atoms with Crippen molar-refractivity contribution in [3.63, 3.8) is 0 Å². The van der Waals surface area contributed by atoms with Crippen LogP contribution >= 0.6 is 0 Å². The average Bonchev–Trinajstić information content (AvgIpc) is 2.62. The topological polar surface area (TPSA) is 58.2 Å². The van der Waals surface area contributed by atoms with E-state index in [9.17, 15) is 9.59 Å². The van der Waals surface area contributed by atoms with Gasteiger partial charge in [-0.25, -0.2) is 0 Å². The van der Waals surface area contributed by atoms with Crippen LogP contribution in [0.25, 0.3) is 0 Å². The second-order valence-electron chi connectivity index (χ2n) is 5.72. The Morgan fingerprint density at radius 3 is 2.00 bits per heavy atom. The van der Waals surface area contributed by atoms with Crippen molar-refractivity contribution in [1.29, 1.82) is 0 Å². The van der Waals surface area contributed by atoms with Gasteiger partial charge in [0, 0.05) is 5.69 Å². The maximum atomic E-state index is 12.3. The Hall–Kier alpha value is -2.62. The van der Waals surface area contributed by atoms with E-state index >= 15 is 0 Å². The number of para-hydroxylation sites is 1. The first-order valence-corrected chi connectivity index (χ1v) is 8.34. The molecule has 0 bridgehead atoms. The molecule has 1 unspecified atom stereocenters. The predicted molar refractivity (Wildman–Crippen MR) is 96.8 cm³/mol.